The molecular formula is C37H70O6SSi2. The van der Waals surface area contributed by atoms with E-state index in [2.05, 4.69) is 93.7 Å². The predicted molar refractivity (Wildman–Crippen MR) is 201 cm³/mol. The Bertz CT molecular complexity index is 1020. The summed E-state index contributed by atoms with van der Waals surface area (Å²) in [5.74, 6) is 0.913. The quantitative estimate of drug-likeness (QED) is 0.0586. The third-order valence-corrected chi connectivity index (χ3v) is 20.4. The van der Waals surface area contributed by atoms with Crippen LogP contribution in [0.5, 0.6) is 0 Å². The average molecular weight is 699 g/mol. The molecule has 0 bridgehead atoms. The zero-order valence-electron chi connectivity index (χ0n) is 32.0. The van der Waals surface area contributed by atoms with Gasteiger partial charge in [-0.25, -0.2) is 0 Å². The lowest BCUT2D eigenvalue weighted by Gasteiger charge is -2.40. The van der Waals surface area contributed by atoms with Crippen LogP contribution >= 0.6 is 11.8 Å². The Kier molecular flexibility index (Phi) is 17.6. The van der Waals surface area contributed by atoms with Gasteiger partial charge in [0, 0.05) is 23.7 Å². The number of aliphatic carboxylic acids is 1. The molecule has 0 aliphatic heterocycles. The van der Waals surface area contributed by atoms with Crippen LogP contribution in [0.25, 0.3) is 0 Å². The second kappa shape index (κ2) is 18.8. The summed E-state index contributed by atoms with van der Waals surface area (Å²) >= 11 is 1.75. The summed E-state index contributed by atoms with van der Waals surface area (Å²) < 4.78 is 20.3. The Hall–Kier alpha value is -0.876. The molecule has 1 aliphatic carbocycles. The minimum absolute atomic E-state index is 0.00537. The van der Waals surface area contributed by atoms with Crippen LogP contribution in [0.2, 0.25) is 36.3 Å². The normalized spacial score (nSPS) is 19.7. The summed E-state index contributed by atoms with van der Waals surface area (Å²) in [4.78, 5) is 25.0. The molecule has 0 amide bonds. The monoisotopic (exact) mass is 698 g/mol. The second-order valence-electron chi connectivity index (χ2n) is 16.8. The van der Waals surface area contributed by atoms with Gasteiger partial charge in [-0.2, -0.15) is 0 Å². The van der Waals surface area contributed by atoms with Gasteiger partial charge in [0.25, 0.3) is 0 Å². The van der Waals surface area contributed by atoms with E-state index in [0.717, 1.165) is 35.7 Å². The number of esters is 1. The number of carbonyl (C=O) groups is 2. The summed E-state index contributed by atoms with van der Waals surface area (Å²) in [6.07, 6.45) is 12.3. The van der Waals surface area contributed by atoms with Gasteiger partial charge in [-0.1, -0.05) is 107 Å². The molecule has 0 heterocycles. The zero-order valence-corrected chi connectivity index (χ0v) is 34.8. The molecule has 0 saturated carbocycles. The van der Waals surface area contributed by atoms with E-state index in [1.807, 2.05) is 13.8 Å². The second-order valence-corrected chi connectivity index (χ2v) is 27.5. The number of carboxylic acids is 1. The van der Waals surface area contributed by atoms with E-state index < -0.39 is 22.6 Å². The molecule has 0 fully saturated rings. The number of ether oxygens (including phenoxy) is 1. The van der Waals surface area contributed by atoms with Gasteiger partial charge >= 0.3 is 11.9 Å². The molecule has 46 heavy (non-hydrogen) atoms. The highest BCUT2D eigenvalue weighted by Gasteiger charge is 2.45. The van der Waals surface area contributed by atoms with Crippen molar-refractivity contribution in [1.82, 2.24) is 0 Å². The van der Waals surface area contributed by atoms with Crippen molar-refractivity contribution in [3.05, 3.63) is 22.8 Å². The molecule has 6 nitrogen and oxygen atoms in total. The molecule has 0 aromatic rings. The van der Waals surface area contributed by atoms with Crippen molar-refractivity contribution in [3.8, 4) is 0 Å². The van der Waals surface area contributed by atoms with Gasteiger partial charge in [0.1, 0.15) is 5.76 Å². The van der Waals surface area contributed by atoms with Crippen LogP contribution < -0.4 is 0 Å². The molecule has 268 valence electrons. The Labute approximate surface area is 289 Å². The molecule has 1 N–H and O–H groups in total. The van der Waals surface area contributed by atoms with Crippen molar-refractivity contribution in [2.45, 2.75) is 175 Å². The standard InChI is InChI=1S/C37H70O6SSi2/c1-15-16-20-28(4)25-29(42-45(11,12)36(5,6)7)22-23-30-31(43-46(13,14)37(8,9)10)26-32(41-35(40)27(2)3)34(30)44-24-19-17-18-21-33(38)39/h22-23,27-31H,15-21,24-26H2,1-14H3,(H,38,39)/t28-,29-,30+,31-/m1/s1. The average Bonchev–Trinajstić information content (AvgIpc) is 3.20. The smallest absolute Gasteiger partial charge is 0.313 e. The minimum Gasteiger partial charge on any atom is -0.481 e. The van der Waals surface area contributed by atoms with E-state index in [4.69, 9.17) is 18.7 Å². The van der Waals surface area contributed by atoms with E-state index in [0.29, 0.717) is 18.8 Å². The highest BCUT2D eigenvalue weighted by molar-refractivity contribution is 8.03. The Morgan fingerprint density at radius 1 is 0.957 bits per heavy atom. The van der Waals surface area contributed by atoms with Crippen molar-refractivity contribution >= 4 is 40.3 Å². The fraction of sp³-hybridized carbons (Fsp3) is 0.838. The molecule has 4 atom stereocenters. The fourth-order valence-corrected chi connectivity index (χ4v) is 8.83. The van der Waals surface area contributed by atoms with Gasteiger partial charge in [0.05, 0.1) is 18.1 Å². The first-order valence-electron chi connectivity index (χ1n) is 17.9. The largest absolute Gasteiger partial charge is 0.481 e. The number of rotatable bonds is 20. The predicted octanol–water partition coefficient (Wildman–Crippen LogP) is 11.3. The molecule has 1 aliphatic rings. The molecule has 0 unspecified atom stereocenters. The number of carboxylic acid groups (broad SMARTS) is 1. The van der Waals surface area contributed by atoms with E-state index in [-0.39, 0.29) is 46.5 Å². The van der Waals surface area contributed by atoms with Crippen molar-refractivity contribution in [1.29, 1.82) is 0 Å². The van der Waals surface area contributed by atoms with Crippen molar-refractivity contribution in [2.75, 3.05) is 5.75 Å². The molecule has 0 spiro atoms. The number of hydrogen-bond donors (Lipinski definition) is 1. The maximum absolute atomic E-state index is 12.9. The summed E-state index contributed by atoms with van der Waals surface area (Å²) in [6.45, 7) is 31.3. The first-order valence-corrected chi connectivity index (χ1v) is 24.7. The van der Waals surface area contributed by atoms with E-state index >= 15 is 0 Å². The van der Waals surface area contributed by atoms with Crippen LogP contribution in [-0.4, -0.2) is 51.6 Å². The Morgan fingerprint density at radius 3 is 2.09 bits per heavy atom. The van der Waals surface area contributed by atoms with Crippen LogP contribution in [0.1, 0.15) is 127 Å². The molecule has 0 radical (unpaired) electrons. The Balaban J connectivity index is 3.56. The maximum Gasteiger partial charge on any atom is 0.313 e. The highest BCUT2D eigenvalue weighted by Crippen LogP contribution is 2.47. The van der Waals surface area contributed by atoms with Crippen molar-refractivity contribution in [3.63, 3.8) is 0 Å². The van der Waals surface area contributed by atoms with Gasteiger partial charge in [0.15, 0.2) is 16.6 Å². The first kappa shape index (κ1) is 43.1. The van der Waals surface area contributed by atoms with E-state index in [9.17, 15) is 9.59 Å². The lowest BCUT2D eigenvalue weighted by atomic mass is 9.96. The van der Waals surface area contributed by atoms with Crippen LogP contribution in [-0.2, 0) is 23.2 Å². The van der Waals surface area contributed by atoms with Crippen LogP contribution in [0.4, 0.5) is 0 Å². The number of thioether (sulfide) groups is 1. The number of unbranched alkanes of at least 4 members (excludes halogenated alkanes) is 3. The minimum atomic E-state index is -2.14. The van der Waals surface area contributed by atoms with Crippen LogP contribution in [0.15, 0.2) is 22.8 Å². The third kappa shape index (κ3) is 14.3. The number of hydrogen-bond acceptors (Lipinski definition) is 6. The summed E-state index contributed by atoms with van der Waals surface area (Å²) in [6, 6.07) is 0. The van der Waals surface area contributed by atoms with Gasteiger partial charge in [-0.05, 0) is 67.2 Å². The Morgan fingerprint density at radius 2 is 1.57 bits per heavy atom. The molecule has 9 heteroatoms. The first-order chi connectivity index (χ1) is 21.0. The SMILES string of the molecule is CCCC[C@@H](C)C[C@@H](C=C[C@@H]1C(SCCCCCC(=O)O)=C(OC(=O)C(C)C)C[C@H]1O[Si](C)(C)C(C)(C)C)O[Si](C)(C)C(C)(C)C. The molecule has 0 saturated heterocycles. The topological polar surface area (TPSA) is 82.1 Å². The van der Waals surface area contributed by atoms with Crippen molar-refractivity contribution in [2.24, 2.45) is 17.8 Å². The summed E-state index contributed by atoms with van der Waals surface area (Å²) in [5, 5.41) is 9.19. The molecule has 0 aromatic heterocycles. The van der Waals surface area contributed by atoms with Gasteiger partial charge in [0.2, 0.25) is 0 Å². The van der Waals surface area contributed by atoms with Gasteiger partial charge in [-0.15, -0.1) is 11.8 Å². The highest BCUT2D eigenvalue weighted by atomic mass is 32.2. The molecule has 1 rings (SSSR count). The molecular weight excluding hydrogens is 629 g/mol. The lowest BCUT2D eigenvalue weighted by molar-refractivity contribution is -0.143. The van der Waals surface area contributed by atoms with Crippen molar-refractivity contribution < 1.29 is 28.3 Å². The maximum atomic E-state index is 12.9. The third-order valence-electron chi connectivity index (χ3n) is 10.1. The summed E-state index contributed by atoms with van der Waals surface area (Å²) in [5.41, 5.74) is 0. The summed E-state index contributed by atoms with van der Waals surface area (Å²) in [7, 11) is -4.18. The van der Waals surface area contributed by atoms with Crippen LogP contribution in [0, 0.1) is 17.8 Å². The van der Waals surface area contributed by atoms with E-state index in [1.165, 1.54) is 19.3 Å². The van der Waals surface area contributed by atoms with Gasteiger partial charge in [-0.3, -0.25) is 9.59 Å². The van der Waals surface area contributed by atoms with Gasteiger partial charge < -0.3 is 18.7 Å². The fourth-order valence-electron chi connectivity index (χ4n) is 4.92. The van der Waals surface area contributed by atoms with Crippen LogP contribution in [0.3, 0.4) is 0 Å². The zero-order chi connectivity index (χ0) is 35.5. The number of carbonyl (C=O) groups excluding carboxylic acids is 1. The molecule has 0 aromatic carbocycles. The lowest BCUT2D eigenvalue weighted by Crippen LogP contribution is -2.45. The van der Waals surface area contributed by atoms with E-state index in [1.54, 1.807) is 11.8 Å².